The van der Waals surface area contributed by atoms with Crippen molar-refractivity contribution in [2.24, 2.45) is 17.2 Å². The highest BCUT2D eigenvalue weighted by atomic mass is 16.4. The van der Waals surface area contributed by atoms with Gasteiger partial charge in [0.25, 0.3) is 0 Å². The van der Waals surface area contributed by atoms with Crippen LogP contribution in [0.15, 0.2) is 24.3 Å². The first-order valence-corrected chi connectivity index (χ1v) is 9.54. The highest BCUT2D eigenvalue weighted by Crippen LogP contribution is 2.14. The second-order valence-corrected chi connectivity index (χ2v) is 6.67. The molecule has 0 aliphatic heterocycles. The monoisotopic (exact) mass is 395 g/mol. The Morgan fingerprint density at radius 2 is 1.64 bits per heavy atom. The number of carbonyl (C=O) groups is 3. The van der Waals surface area contributed by atoms with Gasteiger partial charge in [-0.05, 0) is 44.4 Å². The Morgan fingerprint density at radius 1 is 1.07 bits per heavy atom. The zero-order chi connectivity index (χ0) is 21.4. The van der Waals surface area contributed by atoms with Crippen molar-refractivity contribution in [1.82, 2.24) is 0 Å². The van der Waals surface area contributed by atoms with E-state index in [0.29, 0.717) is 30.9 Å². The summed E-state index contributed by atoms with van der Waals surface area (Å²) < 4.78 is 0. The van der Waals surface area contributed by atoms with Gasteiger partial charge in [0.15, 0.2) is 0 Å². The van der Waals surface area contributed by atoms with Crippen LogP contribution >= 0.6 is 0 Å². The van der Waals surface area contributed by atoms with Gasteiger partial charge in [0.2, 0.25) is 0 Å². The van der Waals surface area contributed by atoms with Gasteiger partial charge in [-0.15, -0.1) is 0 Å². The summed E-state index contributed by atoms with van der Waals surface area (Å²) in [6.45, 7) is 0.604. The molecule has 1 atom stereocenters. The van der Waals surface area contributed by atoms with Gasteiger partial charge in [-0.3, -0.25) is 9.59 Å². The van der Waals surface area contributed by atoms with Crippen molar-refractivity contribution in [2.75, 3.05) is 6.54 Å². The number of carboxylic acids is 2. The number of nitrogens with two attached hydrogens (primary N) is 3. The van der Waals surface area contributed by atoms with Gasteiger partial charge >= 0.3 is 11.9 Å². The summed E-state index contributed by atoms with van der Waals surface area (Å²) in [5.41, 5.74) is 16.7. The lowest BCUT2D eigenvalue weighted by atomic mass is 9.97. The van der Waals surface area contributed by atoms with Crippen molar-refractivity contribution < 1.29 is 24.6 Å². The fraction of sp³-hybridized carbons (Fsp3) is 0.550. The van der Waals surface area contributed by atoms with Crippen molar-refractivity contribution in [3.05, 3.63) is 35.4 Å². The van der Waals surface area contributed by atoms with Crippen LogP contribution < -0.4 is 17.2 Å². The number of aldehydes is 1. The molecule has 1 aliphatic rings. The van der Waals surface area contributed by atoms with E-state index in [-0.39, 0.29) is 5.56 Å². The first-order chi connectivity index (χ1) is 13.3. The van der Waals surface area contributed by atoms with Gasteiger partial charge in [-0.1, -0.05) is 37.8 Å². The summed E-state index contributed by atoms with van der Waals surface area (Å²) in [5, 5.41) is 16.8. The second kappa shape index (κ2) is 15.7. The SMILES string of the molecule is NC1CCCCC1.NCCCCC(N)C(=O)O.O=Cc1ccc(C(=O)O)cc1. The highest BCUT2D eigenvalue weighted by Gasteiger charge is 2.09. The van der Waals surface area contributed by atoms with E-state index < -0.39 is 18.0 Å². The van der Waals surface area contributed by atoms with Crippen LogP contribution in [-0.2, 0) is 4.79 Å². The number of carbonyl (C=O) groups excluding carboxylic acids is 1. The molecule has 1 saturated carbocycles. The van der Waals surface area contributed by atoms with Crippen LogP contribution in [0.25, 0.3) is 0 Å². The smallest absolute Gasteiger partial charge is 0.335 e. The summed E-state index contributed by atoms with van der Waals surface area (Å²) >= 11 is 0. The summed E-state index contributed by atoms with van der Waals surface area (Å²) in [6, 6.07) is 5.55. The standard InChI is InChI=1S/C8H6O3.C6H14N2O2.C6H13N/c9-5-6-1-3-7(4-2-6)8(10)11;7-4-2-1-3-5(8)6(9)10;7-6-4-2-1-3-5-6/h1-5H,(H,10,11);5H,1-4,7-8H2,(H,9,10);6H,1-5,7H2. The molecule has 1 aromatic carbocycles. The minimum Gasteiger partial charge on any atom is -0.480 e. The molecule has 8 heteroatoms. The van der Waals surface area contributed by atoms with E-state index in [1.54, 1.807) is 0 Å². The third kappa shape index (κ3) is 13.0. The Labute approximate surface area is 166 Å². The fourth-order valence-corrected chi connectivity index (χ4v) is 2.47. The first kappa shape index (κ1) is 25.7. The van der Waals surface area contributed by atoms with Crippen LogP contribution in [0.4, 0.5) is 0 Å². The Balaban J connectivity index is 0.000000400. The molecule has 0 spiro atoms. The molecule has 28 heavy (non-hydrogen) atoms. The molecule has 0 saturated heterocycles. The van der Waals surface area contributed by atoms with Gasteiger partial charge in [-0.2, -0.15) is 0 Å². The van der Waals surface area contributed by atoms with E-state index in [0.717, 1.165) is 12.8 Å². The molecule has 0 amide bonds. The topological polar surface area (TPSA) is 170 Å². The summed E-state index contributed by atoms with van der Waals surface area (Å²) in [4.78, 5) is 30.6. The van der Waals surface area contributed by atoms with Crippen LogP contribution in [0.3, 0.4) is 0 Å². The predicted molar refractivity (Wildman–Crippen MR) is 108 cm³/mol. The van der Waals surface area contributed by atoms with Gasteiger partial charge < -0.3 is 27.4 Å². The fourth-order valence-electron chi connectivity index (χ4n) is 2.47. The Kier molecular flexibility index (Phi) is 14.5. The summed E-state index contributed by atoms with van der Waals surface area (Å²) in [5.74, 6) is -1.92. The lowest BCUT2D eigenvalue weighted by Gasteiger charge is -2.15. The summed E-state index contributed by atoms with van der Waals surface area (Å²) in [7, 11) is 0. The second-order valence-electron chi connectivity index (χ2n) is 6.67. The highest BCUT2D eigenvalue weighted by molar-refractivity contribution is 5.88. The van der Waals surface area contributed by atoms with E-state index >= 15 is 0 Å². The molecule has 8 nitrogen and oxygen atoms in total. The molecule has 1 fully saturated rings. The van der Waals surface area contributed by atoms with Crippen molar-refractivity contribution in [3.63, 3.8) is 0 Å². The van der Waals surface area contributed by atoms with E-state index in [1.807, 2.05) is 0 Å². The van der Waals surface area contributed by atoms with Crippen LogP contribution in [0.2, 0.25) is 0 Å². The number of hydrogen-bond donors (Lipinski definition) is 5. The van der Waals surface area contributed by atoms with Gasteiger partial charge in [0.05, 0.1) is 5.56 Å². The largest absolute Gasteiger partial charge is 0.480 e. The quantitative estimate of drug-likeness (QED) is 0.345. The molecule has 8 N–H and O–H groups in total. The molecular formula is C20H33N3O5. The third-order valence-corrected chi connectivity index (χ3v) is 4.23. The number of aliphatic carboxylic acids is 1. The minimum absolute atomic E-state index is 0.190. The van der Waals surface area contributed by atoms with Crippen LogP contribution in [0.1, 0.15) is 72.1 Å². The third-order valence-electron chi connectivity index (χ3n) is 4.23. The number of unbranched alkanes of at least 4 members (excludes halogenated alkanes) is 1. The predicted octanol–water partition coefficient (Wildman–Crippen LogP) is 2.00. The van der Waals surface area contributed by atoms with Crippen LogP contribution in [0.5, 0.6) is 0 Å². The normalized spacial score (nSPS) is 14.5. The molecule has 0 radical (unpaired) electrons. The molecule has 2 rings (SSSR count). The Morgan fingerprint density at radius 3 is 2.00 bits per heavy atom. The van der Waals surface area contributed by atoms with Crippen molar-refractivity contribution in [3.8, 4) is 0 Å². The van der Waals surface area contributed by atoms with E-state index in [1.165, 1.54) is 56.4 Å². The van der Waals surface area contributed by atoms with Crippen LogP contribution in [0, 0.1) is 0 Å². The van der Waals surface area contributed by atoms with Gasteiger partial charge in [0, 0.05) is 11.6 Å². The van der Waals surface area contributed by atoms with E-state index in [4.69, 9.17) is 27.4 Å². The van der Waals surface area contributed by atoms with Crippen molar-refractivity contribution in [1.29, 1.82) is 0 Å². The lowest BCUT2D eigenvalue weighted by Crippen LogP contribution is -2.29. The molecule has 0 aromatic heterocycles. The number of hydrogen-bond acceptors (Lipinski definition) is 6. The first-order valence-electron chi connectivity index (χ1n) is 9.54. The maximum Gasteiger partial charge on any atom is 0.335 e. The molecule has 1 aromatic rings. The Hall–Kier alpha value is -2.29. The zero-order valence-electron chi connectivity index (χ0n) is 16.3. The minimum atomic E-state index is -0.984. The maximum atomic E-state index is 10.3. The van der Waals surface area contributed by atoms with Crippen molar-refractivity contribution in [2.45, 2.75) is 63.5 Å². The molecule has 1 unspecified atom stereocenters. The number of carboxylic acid groups (broad SMARTS) is 2. The Bertz CT molecular complexity index is 572. The van der Waals surface area contributed by atoms with E-state index in [9.17, 15) is 14.4 Å². The van der Waals surface area contributed by atoms with E-state index in [2.05, 4.69) is 0 Å². The molecule has 0 heterocycles. The summed E-state index contributed by atoms with van der Waals surface area (Å²) in [6.07, 6.45) is 9.50. The molecule has 1 aliphatic carbocycles. The van der Waals surface area contributed by atoms with Crippen molar-refractivity contribution >= 4 is 18.2 Å². The van der Waals surface area contributed by atoms with Gasteiger partial charge in [0.1, 0.15) is 12.3 Å². The average Bonchev–Trinajstić information content (AvgIpc) is 2.69. The molecule has 158 valence electrons. The maximum absolute atomic E-state index is 10.3. The lowest BCUT2D eigenvalue weighted by molar-refractivity contribution is -0.138. The van der Waals surface area contributed by atoms with Gasteiger partial charge in [-0.25, -0.2) is 4.79 Å². The van der Waals surface area contributed by atoms with Crippen LogP contribution in [-0.4, -0.2) is 47.1 Å². The number of rotatable bonds is 7. The number of aromatic carboxylic acids is 1. The molecule has 0 bridgehead atoms. The average molecular weight is 396 g/mol. The zero-order valence-corrected chi connectivity index (χ0v) is 16.3. The molecular weight excluding hydrogens is 362 g/mol. The number of benzene rings is 1.